The van der Waals surface area contributed by atoms with Crippen molar-refractivity contribution in [1.82, 2.24) is 0 Å². The number of hydrogen-bond acceptors (Lipinski definition) is 2. The Hall–Kier alpha value is -1.10. The second-order valence-electron chi connectivity index (χ2n) is 3.24. The van der Waals surface area contributed by atoms with Crippen LogP contribution in [-0.2, 0) is 11.2 Å². The molecule has 0 aliphatic heterocycles. The fraction of sp³-hybridized carbons (Fsp3) is 0.364. The molecule has 1 N–H and O–H groups in total. The van der Waals surface area contributed by atoms with Gasteiger partial charge in [0.1, 0.15) is 5.25 Å². The van der Waals surface area contributed by atoms with E-state index in [4.69, 9.17) is 5.11 Å². The minimum atomic E-state index is -2.47. The Bertz CT molecular complexity index is 330. The number of carboxylic acid groups (broad SMARTS) is 1. The van der Waals surface area contributed by atoms with E-state index in [1.807, 2.05) is 6.07 Å². The van der Waals surface area contributed by atoms with Crippen molar-refractivity contribution in [2.45, 2.75) is 18.1 Å². The van der Waals surface area contributed by atoms with Gasteiger partial charge >= 0.3 is 5.97 Å². The molecule has 0 aromatic heterocycles. The van der Waals surface area contributed by atoms with Crippen LogP contribution < -0.4 is 0 Å². The van der Waals surface area contributed by atoms with Crippen LogP contribution in [0.25, 0.3) is 0 Å². The molecule has 0 fully saturated rings. The van der Waals surface area contributed by atoms with E-state index in [1.165, 1.54) is 0 Å². The summed E-state index contributed by atoms with van der Waals surface area (Å²) in [5, 5.41) is 8.07. The first-order chi connectivity index (χ1) is 7.59. The van der Waals surface area contributed by atoms with E-state index < -0.39 is 23.4 Å². The number of carbonyl (C=O) groups is 1. The lowest BCUT2D eigenvalue weighted by Gasteiger charge is -2.11. The van der Waals surface area contributed by atoms with E-state index in [2.05, 4.69) is 0 Å². The van der Waals surface area contributed by atoms with Gasteiger partial charge in [0.15, 0.2) is 0 Å². The molecule has 16 heavy (non-hydrogen) atoms. The largest absolute Gasteiger partial charge is 0.480 e. The van der Waals surface area contributed by atoms with E-state index >= 15 is 0 Å². The van der Waals surface area contributed by atoms with Gasteiger partial charge in [-0.15, -0.1) is 11.8 Å². The van der Waals surface area contributed by atoms with Crippen LogP contribution in [0, 0.1) is 0 Å². The van der Waals surface area contributed by atoms with Crippen molar-refractivity contribution >= 4 is 17.7 Å². The van der Waals surface area contributed by atoms with Crippen molar-refractivity contribution in [1.29, 1.82) is 0 Å². The number of thioether (sulfide) groups is 1. The molecule has 0 radical (unpaired) electrons. The molecular weight excluding hydrogens is 234 g/mol. The molecule has 1 aromatic rings. The molecule has 0 aliphatic rings. The molecule has 2 nitrogen and oxygen atoms in total. The normalized spacial score (nSPS) is 12.7. The van der Waals surface area contributed by atoms with E-state index in [0.717, 1.165) is 17.3 Å². The molecule has 88 valence electrons. The van der Waals surface area contributed by atoms with Gasteiger partial charge in [-0.1, -0.05) is 30.3 Å². The van der Waals surface area contributed by atoms with Crippen molar-refractivity contribution in [2.24, 2.45) is 0 Å². The highest BCUT2D eigenvalue weighted by atomic mass is 32.2. The highest BCUT2D eigenvalue weighted by Crippen LogP contribution is 2.19. The van der Waals surface area contributed by atoms with Crippen LogP contribution in [0.2, 0.25) is 0 Å². The minimum absolute atomic E-state index is 0.271. The van der Waals surface area contributed by atoms with Gasteiger partial charge in [-0.25, -0.2) is 8.78 Å². The number of carboxylic acids is 1. The van der Waals surface area contributed by atoms with Gasteiger partial charge in [0, 0.05) is 0 Å². The predicted octanol–water partition coefficient (Wildman–Crippen LogP) is 2.68. The molecule has 5 heteroatoms. The molecule has 0 saturated heterocycles. The standard InChI is InChI=1S/C11H12F2O2S/c12-10(13)7-16-9(11(14)15)6-8-4-2-1-3-5-8/h1-5,9-10H,6-7H2,(H,14,15). The van der Waals surface area contributed by atoms with Crippen LogP contribution in [0.5, 0.6) is 0 Å². The Balaban J connectivity index is 2.55. The SMILES string of the molecule is O=C(O)C(Cc1ccccc1)SCC(F)F. The summed E-state index contributed by atoms with van der Waals surface area (Å²) in [5.41, 5.74) is 0.844. The Morgan fingerprint density at radius 3 is 2.44 bits per heavy atom. The highest BCUT2D eigenvalue weighted by Gasteiger charge is 2.20. The van der Waals surface area contributed by atoms with E-state index in [1.54, 1.807) is 24.3 Å². The second kappa shape index (κ2) is 6.48. The average Bonchev–Trinajstić information content (AvgIpc) is 2.25. The van der Waals surface area contributed by atoms with Crippen LogP contribution in [0.15, 0.2) is 30.3 Å². The number of rotatable bonds is 6. The van der Waals surface area contributed by atoms with Gasteiger partial charge in [0.25, 0.3) is 0 Å². The summed E-state index contributed by atoms with van der Waals surface area (Å²) >= 11 is 0.783. The van der Waals surface area contributed by atoms with Crippen LogP contribution in [0.4, 0.5) is 8.78 Å². The molecule has 1 unspecified atom stereocenters. The smallest absolute Gasteiger partial charge is 0.316 e. The molecule has 1 rings (SSSR count). The van der Waals surface area contributed by atoms with Crippen molar-refractivity contribution < 1.29 is 18.7 Å². The summed E-state index contributed by atoms with van der Waals surface area (Å²) in [6.45, 7) is 0. The topological polar surface area (TPSA) is 37.3 Å². The van der Waals surface area contributed by atoms with Crippen LogP contribution in [0.3, 0.4) is 0 Å². The van der Waals surface area contributed by atoms with Gasteiger partial charge in [0.2, 0.25) is 6.43 Å². The fourth-order valence-corrected chi connectivity index (χ4v) is 2.07. The Morgan fingerprint density at radius 2 is 1.94 bits per heavy atom. The lowest BCUT2D eigenvalue weighted by molar-refractivity contribution is -0.136. The summed E-state index contributed by atoms with van der Waals surface area (Å²) in [4.78, 5) is 10.9. The molecule has 0 spiro atoms. The van der Waals surface area contributed by atoms with Crippen LogP contribution in [0.1, 0.15) is 5.56 Å². The molecule has 1 atom stereocenters. The van der Waals surface area contributed by atoms with Crippen LogP contribution >= 0.6 is 11.8 Å². The minimum Gasteiger partial charge on any atom is -0.480 e. The third kappa shape index (κ3) is 4.61. The highest BCUT2D eigenvalue weighted by molar-refractivity contribution is 8.00. The first-order valence-electron chi connectivity index (χ1n) is 4.76. The summed E-state index contributed by atoms with van der Waals surface area (Å²) in [5.74, 6) is -1.49. The maximum absolute atomic E-state index is 12.0. The second-order valence-corrected chi connectivity index (χ2v) is 4.48. The number of halogens is 2. The van der Waals surface area contributed by atoms with Gasteiger partial charge in [-0.2, -0.15) is 0 Å². The first-order valence-corrected chi connectivity index (χ1v) is 5.81. The van der Waals surface area contributed by atoms with Crippen molar-refractivity contribution in [3.8, 4) is 0 Å². The Kier molecular flexibility index (Phi) is 5.25. The monoisotopic (exact) mass is 246 g/mol. The maximum Gasteiger partial charge on any atom is 0.316 e. The lowest BCUT2D eigenvalue weighted by Crippen LogP contribution is -2.20. The Labute approximate surface area is 96.7 Å². The number of hydrogen-bond donors (Lipinski definition) is 1. The van der Waals surface area contributed by atoms with E-state index in [0.29, 0.717) is 0 Å². The Morgan fingerprint density at radius 1 is 1.31 bits per heavy atom. The zero-order valence-electron chi connectivity index (χ0n) is 8.48. The number of alkyl halides is 2. The van der Waals surface area contributed by atoms with Gasteiger partial charge < -0.3 is 5.11 Å². The lowest BCUT2D eigenvalue weighted by atomic mass is 10.1. The van der Waals surface area contributed by atoms with Gasteiger partial charge in [0.05, 0.1) is 5.75 Å². The molecule has 0 bridgehead atoms. The number of aliphatic carboxylic acids is 1. The molecular formula is C11H12F2O2S. The van der Waals surface area contributed by atoms with Gasteiger partial charge in [-0.05, 0) is 12.0 Å². The third-order valence-corrected chi connectivity index (χ3v) is 3.18. The molecule has 0 amide bonds. The van der Waals surface area contributed by atoms with Crippen molar-refractivity contribution in [2.75, 3.05) is 5.75 Å². The molecule has 1 aromatic carbocycles. The summed E-state index contributed by atoms with van der Waals surface area (Å²) in [6.07, 6.45) is -2.20. The maximum atomic E-state index is 12.0. The van der Waals surface area contributed by atoms with Crippen molar-refractivity contribution in [3.63, 3.8) is 0 Å². The first kappa shape index (κ1) is 13.0. The summed E-state index contributed by atoms with van der Waals surface area (Å²) in [7, 11) is 0. The van der Waals surface area contributed by atoms with Crippen LogP contribution in [-0.4, -0.2) is 28.5 Å². The van der Waals surface area contributed by atoms with E-state index in [9.17, 15) is 13.6 Å². The summed E-state index contributed by atoms with van der Waals surface area (Å²) < 4.78 is 24.0. The third-order valence-electron chi connectivity index (χ3n) is 1.96. The molecule has 0 saturated carbocycles. The molecule has 0 aliphatic carbocycles. The summed E-state index contributed by atoms with van der Waals surface area (Å²) in [6, 6.07) is 9.00. The van der Waals surface area contributed by atoms with E-state index in [-0.39, 0.29) is 6.42 Å². The van der Waals surface area contributed by atoms with Crippen molar-refractivity contribution in [3.05, 3.63) is 35.9 Å². The number of benzene rings is 1. The molecule has 0 heterocycles. The predicted molar refractivity (Wildman–Crippen MR) is 60.0 cm³/mol. The zero-order chi connectivity index (χ0) is 12.0. The zero-order valence-corrected chi connectivity index (χ0v) is 9.29. The average molecular weight is 246 g/mol. The van der Waals surface area contributed by atoms with Gasteiger partial charge in [-0.3, -0.25) is 4.79 Å². The fourth-order valence-electron chi connectivity index (χ4n) is 1.23. The quantitative estimate of drug-likeness (QED) is 0.838.